The van der Waals surface area contributed by atoms with Crippen LogP contribution in [-0.4, -0.2) is 85.1 Å². The molecule has 6 aromatic rings. The van der Waals surface area contributed by atoms with Crippen LogP contribution in [-0.2, 0) is 20.2 Å². The van der Waals surface area contributed by atoms with Gasteiger partial charge in [-0.05, 0) is 66.7 Å². The maximum absolute atomic E-state index is 12.4. The first-order valence-electron chi connectivity index (χ1n) is 13.4. The molecule has 0 bridgehead atoms. The second kappa shape index (κ2) is 15.3. The van der Waals surface area contributed by atoms with E-state index in [0.29, 0.717) is 50.3 Å². The monoisotopic (exact) mass is 683 g/mol. The van der Waals surface area contributed by atoms with Crippen LogP contribution in [0.5, 0.6) is 0 Å². The van der Waals surface area contributed by atoms with E-state index >= 15 is 0 Å². The molecule has 0 aliphatic heterocycles. The summed E-state index contributed by atoms with van der Waals surface area (Å²) < 4.78 is 68.3. The van der Waals surface area contributed by atoms with E-state index in [9.17, 15) is 25.9 Å². The molecule has 3 N–H and O–H groups in total. The molecule has 47 heavy (non-hydrogen) atoms. The maximum atomic E-state index is 12.4. The van der Waals surface area contributed by atoms with Gasteiger partial charge in [0, 0.05) is 92.0 Å². The predicted molar refractivity (Wildman–Crippen MR) is 184 cm³/mol. The van der Waals surface area contributed by atoms with Crippen molar-refractivity contribution in [1.29, 1.82) is 0 Å². The van der Waals surface area contributed by atoms with Crippen LogP contribution in [0, 0.1) is 0 Å². The van der Waals surface area contributed by atoms with E-state index in [2.05, 4.69) is 25.8 Å². The van der Waals surface area contributed by atoms with Crippen molar-refractivity contribution in [3.05, 3.63) is 121 Å². The topological polar surface area (TPSA) is 170 Å². The van der Waals surface area contributed by atoms with Crippen LogP contribution < -0.4 is 5.32 Å². The van der Waals surface area contributed by atoms with E-state index in [0.717, 1.165) is 0 Å². The molecule has 0 aliphatic rings. The fourth-order valence-electron chi connectivity index (χ4n) is 4.79. The first-order valence-corrected chi connectivity index (χ1v) is 16.2. The van der Waals surface area contributed by atoms with Gasteiger partial charge >= 0.3 is 0 Å². The van der Waals surface area contributed by atoms with Gasteiger partial charge in [-0.1, -0.05) is 54.6 Å². The number of anilines is 2. The number of nitrogens with one attached hydrogen (secondary N) is 1. The molecule has 226 valence electrons. The number of hydrogen-bond acceptors (Lipinski definition) is 9. The molecule has 6 rings (SSSR count). The van der Waals surface area contributed by atoms with E-state index in [-0.39, 0.29) is 74.3 Å². The van der Waals surface area contributed by atoms with Gasteiger partial charge < -0.3 is 5.32 Å². The zero-order valence-corrected chi connectivity index (χ0v) is 30.8. The zero-order valence-electron chi connectivity index (χ0n) is 25.2. The van der Waals surface area contributed by atoms with E-state index in [1.165, 1.54) is 30.3 Å². The smallest absolute Gasteiger partial charge is 0.295 e. The van der Waals surface area contributed by atoms with Crippen molar-refractivity contribution in [2.24, 2.45) is 20.5 Å². The molecule has 0 aliphatic carbocycles. The molecule has 15 heteroatoms. The molecule has 0 unspecified atom stereocenters. The van der Waals surface area contributed by atoms with Crippen LogP contribution in [0.4, 0.5) is 34.1 Å². The summed E-state index contributed by atoms with van der Waals surface area (Å²) in [4.78, 5) is -0.628. The van der Waals surface area contributed by atoms with Crippen molar-refractivity contribution < 1.29 is 25.9 Å². The quantitative estimate of drug-likeness (QED) is 0.0823. The third-order valence-corrected chi connectivity index (χ3v) is 8.59. The second-order valence-electron chi connectivity index (χ2n) is 9.80. The van der Waals surface area contributed by atoms with Gasteiger partial charge in [0.25, 0.3) is 20.2 Å². The fraction of sp³-hybridized carbons (Fsp3) is 0. The Morgan fingerprint density at radius 3 is 1.72 bits per heavy atom. The number of para-hydroxylation sites is 1. The normalized spacial score (nSPS) is 11.9. The van der Waals surface area contributed by atoms with E-state index in [1.54, 1.807) is 54.6 Å². The van der Waals surface area contributed by atoms with Crippen LogP contribution in [0.15, 0.2) is 152 Å². The summed E-state index contributed by atoms with van der Waals surface area (Å²) in [6, 6.07) is 33.1. The second-order valence-corrected chi connectivity index (χ2v) is 12.6. The van der Waals surface area contributed by atoms with Crippen molar-refractivity contribution in [3.8, 4) is 0 Å². The van der Waals surface area contributed by atoms with Crippen molar-refractivity contribution in [2.45, 2.75) is 9.79 Å². The van der Waals surface area contributed by atoms with Crippen molar-refractivity contribution in [3.63, 3.8) is 0 Å². The standard InChI is InChI=1S/C32H23N5O6S2.2Na/c38-44(39,40)23-14-15-24-26(20-23)29(35-34-22-10-5-2-6-11-22)17-16-27(24)36-37-28-18-19-30(33-21-8-3-1-4-9-21)32-25(28)12-7-13-31(32)45(41,42)43;;/h1-20,33H,(H,38,39,40)(H,41,42,43);;. The Hall–Kier alpha value is -3.34. The molecule has 0 saturated carbocycles. The summed E-state index contributed by atoms with van der Waals surface area (Å²) in [6.45, 7) is 0. The van der Waals surface area contributed by atoms with Crippen LogP contribution in [0.2, 0.25) is 0 Å². The predicted octanol–water partition coefficient (Wildman–Crippen LogP) is 8.30. The minimum Gasteiger partial charge on any atom is -0.355 e. The molecule has 0 spiro atoms. The Kier molecular flexibility index (Phi) is 11.8. The van der Waals surface area contributed by atoms with Crippen molar-refractivity contribution in [2.75, 3.05) is 5.32 Å². The number of benzene rings is 6. The largest absolute Gasteiger partial charge is 0.355 e. The molecule has 11 nitrogen and oxygen atoms in total. The molecule has 0 atom stereocenters. The van der Waals surface area contributed by atoms with Gasteiger partial charge in [0.1, 0.15) is 4.90 Å². The van der Waals surface area contributed by atoms with Gasteiger partial charge in [-0.3, -0.25) is 9.11 Å². The van der Waals surface area contributed by atoms with Crippen molar-refractivity contribution in [1.82, 2.24) is 0 Å². The molecule has 0 saturated heterocycles. The third kappa shape index (κ3) is 8.39. The van der Waals surface area contributed by atoms with E-state index < -0.39 is 20.2 Å². The van der Waals surface area contributed by atoms with Crippen LogP contribution in [0.1, 0.15) is 0 Å². The third-order valence-electron chi connectivity index (χ3n) is 6.84. The van der Waals surface area contributed by atoms with Crippen LogP contribution in [0.25, 0.3) is 21.5 Å². The first kappa shape index (κ1) is 36.5. The molecular formula is C32H23N5Na2O6S2. The van der Waals surface area contributed by atoms with Gasteiger partial charge in [0.05, 0.1) is 27.6 Å². The number of nitrogens with zero attached hydrogens (tertiary/aromatic N) is 4. The van der Waals surface area contributed by atoms with Gasteiger partial charge in [0.15, 0.2) is 0 Å². The number of azo groups is 2. The number of fused-ring (bicyclic) bond motifs is 2. The van der Waals surface area contributed by atoms with E-state index in [4.69, 9.17) is 0 Å². The number of hydrogen-bond donors (Lipinski definition) is 3. The summed E-state index contributed by atoms with van der Waals surface area (Å²) in [7, 11) is -9.12. The molecule has 0 amide bonds. The van der Waals surface area contributed by atoms with Crippen molar-refractivity contribution >= 4 is 135 Å². The summed E-state index contributed by atoms with van der Waals surface area (Å²) in [5.74, 6) is 0. The van der Waals surface area contributed by atoms with E-state index in [1.807, 2.05) is 36.4 Å². The molecule has 2 radical (unpaired) electrons. The van der Waals surface area contributed by atoms with Crippen LogP contribution >= 0.6 is 0 Å². The van der Waals surface area contributed by atoms with Gasteiger partial charge in [-0.25, -0.2) is 0 Å². The SMILES string of the molecule is O=S(=O)(O)c1ccc2c(N=Nc3ccc(Nc4ccccc4)c4c(S(=O)(=O)O)cccc34)ccc(N=Nc3ccccc3)c2c1.[Na].[Na]. The maximum Gasteiger partial charge on any atom is 0.295 e. The van der Waals surface area contributed by atoms with Gasteiger partial charge in [-0.15, -0.1) is 15.3 Å². The van der Waals surface area contributed by atoms with Gasteiger partial charge in [0.2, 0.25) is 0 Å². The zero-order chi connectivity index (χ0) is 31.6. The molecule has 6 aromatic carbocycles. The van der Waals surface area contributed by atoms with Crippen LogP contribution in [0.3, 0.4) is 0 Å². The Morgan fingerprint density at radius 2 is 1.09 bits per heavy atom. The van der Waals surface area contributed by atoms with Gasteiger partial charge in [-0.2, -0.15) is 21.9 Å². The Labute approximate surface area is 314 Å². The average molecular weight is 684 g/mol. The molecule has 0 fully saturated rings. The summed E-state index contributed by atoms with van der Waals surface area (Å²) in [5, 5.41) is 22.0. The minimum absolute atomic E-state index is 0. The molecular weight excluding hydrogens is 660 g/mol. The first-order chi connectivity index (χ1) is 21.6. The fourth-order valence-corrected chi connectivity index (χ4v) is 6.02. The Morgan fingerprint density at radius 1 is 0.511 bits per heavy atom. The summed E-state index contributed by atoms with van der Waals surface area (Å²) >= 11 is 0. The Balaban J connectivity index is 0.00000250. The Bertz CT molecular complexity index is 2360. The number of rotatable bonds is 8. The summed E-state index contributed by atoms with van der Waals surface area (Å²) in [5.41, 5.74) is 2.71. The molecule has 0 heterocycles. The molecule has 0 aromatic heterocycles. The summed E-state index contributed by atoms with van der Waals surface area (Å²) in [6.07, 6.45) is 0. The minimum atomic E-state index is -4.60. The average Bonchev–Trinajstić information content (AvgIpc) is 3.03.